The summed E-state index contributed by atoms with van der Waals surface area (Å²) in [6.45, 7) is 2.66. The summed E-state index contributed by atoms with van der Waals surface area (Å²) in [5.41, 5.74) is 3.16. The molecule has 0 saturated carbocycles. The summed E-state index contributed by atoms with van der Waals surface area (Å²) in [7, 11) is 0. The number of rotatable bonds is 4. The fourth-order valence-electron chi connectivity index (χ4n) is 3.65. The first-order chi connectivity index (χ1) is 14.5. The molecular formula is C22H22FN5O2. The van der Waals surface area contributed by atoms with Crippen LogP contribution in [0.15, 0.2) is 48.8 Å². The summed E-state index contributed by atoms with van der Waals surface area (Å²) in [4.78, 5) is 31.3. The van der Waals surface area contributed by atoms with Crippen LogP contribution in [-0.4, -0.2) is 45.0 Å². The van der Waals surface area contributed by atoms with Gasteiger partial charge in [0.15, 0.2) is 0 Å². The molecule has 3 aromatic rings. The highest BCUT2D eigenvalue weighted by molar-refractivity contribution is 5.96. The molecule has 8 heteroatoms. The van der Waals surface area contributed by atoms with Gasteiger partial charge >= 0.3 is 0 Å². The van der Waals surface area contributed by atoms with Crippen LogP contribution in [-0.2, 0) is 4.79 Å². The van der Waals surface area contributed by atoms with Crippen molar-refractivity contribution in [1.29, 1.82) is 0 Å². The van der Waals surface area contributed by atoms with Gasteiger partial charge in [-0.1, -0.05) is 0 Å². The number of aromatic amines is 1. The van der Waals surface area contributed by atoms with Gasteiger partial charge in [-0.3, -0.25) is 19.7 Å². The first kappa shape index (κ1) is 19.8. The van der Waals surface area contributed by atoms with E-state index in [1.54, 1.807) is 36.4 Å². The third kappa shape index (κ3) is 4.22. The summed E-state index contributed by atoms with van der Waals surface area (Å²) in [6.07, 6.45) is 4.77. The van der Waals surface area contributed by atoms with Gasteiger partial charge in [-0.2, -0.15) is 5.10 Å². The fraction of sp³-hybridized carbons (Fsp3) is 0.273. The number of nitrogens with one attached hydrogen (secondary N) is 2. The quantitative estimate of drug-likeness (QED) is 0.693. The van der Waals surface area contributed by atoms with Crippen LogP contribution < -0.4 is 5.32 Å². The van der Waals surface area contributed by atoms with Crippen molar-refractivity contribution in [1.82, 2.24) is 20.1 Å². The van der Waals surface area contributed by atoms with Crippen molar-refractivity contribution in [3.63, 3.8) is 0 Å². The maximum Gasteiger partial charge on any atom is 0.271 e. The molecule has 154 valence electrons. The number of hydrogen-bond donors (Lipinski definition) is 2. The lowest BCUT2D eigenvalue weighted by molar-refractivity contribution is -0.121. The standard InChI is InChI=1S/C22H22FN5O2/c1-14-11-17(23)4-5-18(14)25-21(29)16-3-2-10-28(13-16)22(30)20-12-19(26-27-20)15-6-8-24-9-7-15/h4-9,11-12,16H,2-3,10,13H2,1H3,(H,25,29)(H,26,27)/t16-/m1/s1. The number of piperidine rings is 1. The molecular weight excluding hydrogens is 385 g/mol. The Bertz CT molecular complexity index is 1070. The number of hydrogen-bond acceptors (Lipinski definition) is 4. The number of nitrogens with zero attached hydrogens (tertiary/aromatic N) is 3. The van der Waals surface area contributed by atoms with Crippen molar-refractivity contribution >= 4 is 17.5 Å². The van der Waals surface area contributed by atoms with Crippen LogP contribution >= 0.6 is 0 Å². The molecule has 0 aliphatic carbocycles. The largest absolute Gasteiger partial charge is 0.337 e. The number of aromatic nitrogens is 3. The van der Waals surface area contributed by atoms with E-state index in [0.717, 1.165) is 12.0 Å². The van der Waals surface area contributed by atoms with E-state index in [-0.39, 0.29) is 23.5 Å². The molecule has 1 saturated heterocycles. The van der Waals surface area contributed by atoms with Gasteiger partial charge < -0.3 is 10.2 Å². The monoisotopic (exact) mass is 407 g/mol. The molecule has 2 amide bonds. The van der Waals surface area contributed by atoms with Crippen LogP contribution in [0.3, 0.4) is 0 Å². The Morgan fingerprint density at radius 1 is 1.20 bits per heavy atom. The maximum absolute atomic E-state index is 13.3. The van der Waals surface area contributed by atoms with Crippen molar-refractivity contribution < 1.29 is 14.0 Å². The number of carbonyl (C=O) groups is 2. The number of likely N-dealkylation sites (tertiary alicyclic amines) is 1. The van der Waals surface area contributed by atoms with E-state index in [0.29, 0.717) is 42.1 Å². The number of carbonyl (C=O) groups excluding carboxylic acids is 2. The first-order valence-corrected chi connectivity index (χ1v) is 9.83. The molecule has 2 N–H and O–H groups in total. The summed E-state index contributed by atoms with van der Waals surface area (Å²) < 4.78 is 13.3. The lowest BCUT2D eigenvalue weighted by Gasteiger charge is -2.31. The third-order valence-electron chi connectivity index (χ3n) is 5.31. The lowest BCUT2D eigenvalue weighted by Crippen LogP contribution is -2.44. The van der Waals surface area contributed by atoms with Crippen LogP contribution in [0.1, 0.15) is 28.9 Å². The van der Waals surface area contributed by atoms with Crippen LogP contribution in [0.4, 0.5) is 10.1 Å². The minimum Gasteiger partial charge on any atom is -0.337 e. The van der Waals surface area contributed by atoms with Gasteiger partial charge in [0.2, 0.25) is 5.91 Å². The number of H-pyrrole nitrogens is 1. The molecule has 0 bridgehead atoms. The van der Waals surface area contributed by atoms with Crippen LogP contribution in [0.2, 0.25) is 0 Å². The highest BCUT2D eigenvalue weighted by Crippen LogP contribution is 2.23. The fourth-order valence-corrected chi connectivity index (χ4v) is 3.65. The molecule has 4 rings (SSSR count). The molecule has 3 heterocycles. The van der Waals surface area contributed by atoms with E-state index in [1.807, 2.05) is 12.1 Å². The van der Waals surface area contributed by atoms with Crippen molar-refractivity contribution in [2.75, 3.05) is 18.4 Å². The van der Waals surface area contributed by atoms with E-state index in [2.05, 4.69) is 20.5 Å². The number of amides is 2. The number of benzene rings is 1. The molecule has 30 heavy (non-hydrogen) atoms. The van der Waals surface area contributed by atoms with Crippen LogP contribution in [0, 0.1) is 18.7 Å². The molecule has 7 nitrogen and oxygen atoms in total. The second kappa shape index (κ2) is 8.44. The molecule has 1 aliphatic heterocycles. The normalized spacial score (nSPS) is 16.3. The van der Waals surface area contributed by atoms with Gasteiger partial charge in [0.1, 0.15) is 11.5 Å². The Morgan fingerprint density at radius 2 is 2.00 bits per heavy atom. The predicted octanol–water partition coefficient (Wildman–Crippen LogP) is 3.41. The molecule has 0 unspecified atom stereocenters. The number of aryl methyl sites for hydroxylation is 1. The van der Waals surface area contributed by atoms with E-state index < -0.39 is 0 Å². The minimum atomic E-state index is -0.342. The van der Waals surface area contributed by atoms with Gasteiger partial charge in [0, 0.05) is 36.7 Å². The van der Waals surface area contributed by atoms with Crippen molar-refractivity contribution in [3.8, 4) is 11.3 Å². The number of pyridine rings is 1. The maximum atomic E-state index is 13.3. The van der Waals surface area contributed by atoms with E-state index in [9.17, 15) is 14.0 Å². The van der Waals surface area contributed by atoms with Crippen molar-refractivity contribution in [2.45, 2.75) is 19.8 Å². The predicted molar refractivity (Wildman–Crippen MR) is 110 cm³/mol. The molecule has 0 spiro atoms. The van der Waals surface area contributed by atoms with Gasteiger partial charge in [0.25, 0.3) is 5.91 Å². The average Bonchev–Trinajstić information content (AvgIpc) is 3.26. The zero-order valence-corrected chi connectivity index (χ0v) is 16.6. The van der Waals surface area contributed by atoms with Gasteiger partial charge in [-0.05, 0) is 61.7 Å². The lowest BCUT2D eigenvalue weighted by atomic mass is 9.96. The molecule has 1 aromatic carbocycles. The second-order valence-electron chi connectivity index (χ2n) is 7.44. The Hall–Kier alpha value is -3.55. The molecule has 1 aliphatic rings. The second-order valence-corrected chi connectivity index (χ2v) is 7.44. The van der Waals surface area contributed by atoms with Crippen molar-refractivity contribution in [2.24, 2.45) is 5.92 Å². The molecule has 1 atom stereocenters. The summed E-state index contributed by atoms with van der Waals surface area (Å²) in [6, 6.07) is 9.61. The minimum absolute atomic E-state index is 0.163. The van der Waals surface area contributed by atoms with E-state index in [1.165, 1.54) is 12.1 Å². The topological polar surface area (TPSA) is 91.0 Å². The van der Waals surface area contributed by atoms with Crippen LogP contribution in [0.5, 0.6) is 0 Å². The molecule has 0 radical (unpaired) electrons. The summed E-state index contributed by atoms with van der Waals surface area (Å²) in [5, 5.41) is 9.88. The molecule has 2 aromatic heterocycles. The SMILES string of the molecule is Cc1cc(F)ccc1NC(=O)[C@@H]1CCCN(C(=O)c2cc(-c3ccncc3)n[nH]2)C1. The van der Waals surface area contributed by atoms with Gasteiger partial charge in [0.05, 0.1) is 11.6 Å². The van der Waals surface area contributed by atoms with E-state index >= 15 is 0 Å². The molecule has 1 fully saturated rings. The third-order valence-corrected chi connectivity index (χ3v) is 5.31. The van der Waals surface area contributed by atoms with Gasteiger partial charge in [-0.25, -0.2) is 4.39 Å². The van der Waals surface area contributed by atoms with Crippen LogP contribution in [0.25, 0.3) is 11.3 Å². The van der Waals surface area contributed by atoms with Crippen molar-refractivity contribution in [3.05, 3.63) is 65.9 Å². The van der Waals surface area contributed by atoms with Gasteiger partial charge in [-0.15, -0.1) is 0 Å². The van der Waals surface area contributed by atoms with E-state index in [4.69, 9.17) is 0 Å². The zero-order valence-electron chi connectivity index (χ0n) is 16.6. The highest BCUT2D eigenvalue weighted by Gasteiger charge is 2.30. The smallest absolute Gasteiger partial charge is 0.271 e. The Kier molecular flexibility index (Phi) is 5.56. The highest BCUT2D eigenvalue weighted by atomic mass is 19.1. The Morgan fingerprint density at radius 3 is 2.77 bits per heavy atom. The Balaban J connectivity index is 1.43. The number of halogens is 1. The first-order valence-electron chi connectivity index (χ1n) is 9.83. The summed E-state index contributed by atoms with van der Waals surface area (Å²) in [5.74, 6) is -1.01. The average molecular weight is 407 g/mol. The Labute approximate surface area is 173 Å². The number of anilines is 1. The summed E-state index contributed by atoms with van der Waals surface area (Å²) >= 11 is 0. The zero-order chi connectivity index (χ0) is 21.1.